The van der Waals surface area contributed by atoms with Crippen molar-refractivity contribution < 1.29 is 22.3 Å². The second-order valence-electron chi connectivity index (χ2n) is 5.74. The lowest BCUT2D eigenvalue weighted by atomic mass is 9.98. The highest BCUT2D eigenvalue weighted by atomic mass is 19.4. The fourth-order valence-electron chi connectivity index (χ4n) is 2.73. The average molecular weight is 346 g/mol. The van der Waals surface area contributed by atoms with Crippen molar-refractivity contribution in [2.24, 2.45) is 0 Å². The number of rotatable bonds is 5. The van der Waals surface area contributed by atoms with Gasteiger partial charge in [0.05, 0.1) is 12.7 Å². The summed E-state index contributed by atoms with van der Waals surface area (Å²) in [5.41, 5.74) is 1.15. The third-order valence-corrected chi connectivity index (χ3v) is 4.03. The highest BCUT2D eigenvalue weighted by Crippen LogP contribution is 2.36. The summed E-state index contributed by atoms with van der Waals surface area (Å²) < 4.78 is 50.4. The zero-order chi connectivity index (χ0) is 17.9. The summed E-state index contributed by atoms with van der Waals surface area (Å²) in [6, 6.07) is 16.3. The van der Waals surface area contributed by atoms with Crippen molar-refractivity contribution in [3.8, 4) is 5.75 Å². The molecule has 0 fully saturated rings. The van der Waals surface area contributed by atoms with Crippen LogP contribution >= 0.6 is 0 Å². The van der Waals surface area contributed by atoms with Crippen LogP contribution in [0.1, 0.15) is 28.0 Å². The van der Waals surface area contributed by atoms with Crippen molar-refractivity contribution in [3.63, 3.8) is 0 Å². The van der Waals surface area contributed by atoms with E-state index in [4.69, 9.17) is 9.15 Å². The molecule has 0 aliphatic rings. The monoisotopic (exact) mass is 346 g/mol. The predicted octanol–water partition coefficient (Wildman–Crippen LogP) is 5.49. The van der Waals surface area contributed by atoms with Gasteiger partial charge in [-0.1, -0.05) is 42.5 Å². The molecule has 5 heteroatoms. The minimum Gasteiger partial charge on any atom is -0.497 e. The molecule has 0 N–H and O–H groups in total. The van der Waals surface area contributed by atoms with E-state index in [0.717, 1.165) is 17.4 Å². The molecule has 0 aliphatic carbocycles. The normalized spacial score (nSPS) is 11.5. The standard InChI is InChI=1S/C20H17F3O2/c1-24-16-9-7-15(8-10-16)12-19-17(11-14-5-3-2-4-6-14)18(13-25-19)20(21,22)23/h2-10,13H,11-12H2,1H3. The molecule has 0 unspecified atom stereocenters. The van der Waals surface area contributed by atoms with Crippen LogP contribution < -0.4 is 4.74 Å². The number of furan rings is 1. The quantitative estimate of drug-likeness (QED) is 0.610. The molecule has 0 aliphatic heterocycles. The highest BCUT2D eigenvalue weighted by Gasteiger charge is 2.36. The van der Waals surface area contributed by atoms with Crippen molar-refractivity contribution in [3.05, 3.63) is 88.9 Å². The molecule has 0 radical (unpaired) electrons. The maximum atomic E-state index is 13.3. The molecule has 0 saturated heterocycles. The van der Waals surface area contributed by atoms with Gasteiger partial charge in [-0.05, 0) is 23.3 Å². The molecule has 2 nitrogen and oxygen atoms in total. The number of hydrogen-bond acceptors (Lipinski definition) is 2. The van der Waals surface area contributed by atoms with E-state index in [1.807, 2.05) is 42.5 Å². The number of methoxy groups -OCH3 is 1. The Morgan fingerprint density at radius 1 is 0.880 bits per heavy atom. The van der Waals surface area contributed by atoms with Gasteiger partial charge in [-0.15, -0.1) is 0 Å². The van der Waals surface area contributed by atoms with Gasteiger partial charge < -0.3 is 9.15 Å². The van der Waals surface area contributed by atoms with Crippen LogP contribution in [0.3, 0.4) is 0 Å². The lowest BCUT2D eigenvalue weighted by Gasteiger charge is -2.09. The van der Waals surface area contributed by atoms with E-state index < -0.39 is 11.7 Å². The van der Waals surface area contributed by atoms with Crippen molar-refractivity contribution in [2.75, 3.05) is 7.11 Å². The minimum absolute atomic E-state index is 0.178. The summed E-state index contributed by atoms with van der Waals surface area (Å²) in [4.78, 5) is 0. The van der Waals surface area contributed by atoms with E-state index in [0.29, 0.717) is 17.9 Å². The first-order valence-electron chi connectivity index (χ1n) is 7.80. The van der Waals surface area contributed by atoms with Gasteiger partial charge in [-0.2, -0.15) is 13.2 Å². The van der Waals surface area contributed by atoms with E-state index in [9.17, 15) is 13.2 Å². The Bertz CT molecular complexity index is 818. The molecule has 0 atom stereocenters. The highest BCUT2D eigenvalue weighted by molar-refractivity contribution is 5.39. The number of hydrogen-bond donors (Lipinski definition) is 0. The molecule has 25 heavy (non-hydrogen) atoms. The fourth-order valence-corrected chi connectivity index (χ4v) is 2.73. The van der Waals surface area contributed by atoms with E-state index >= 15 is 0 Å². The maximum absolute atomic E-state index is 13.3. The average Bonchev–Trinajstić information content (AvgIpc) is 2.99. The smallest absolute Gasteiger partial charge is 0.419 e. The van der Waals surface area contributed by atoms with Crippen LogP contribution in [0.4, 0.5) is 13.2 Å². The Balaban J connectivity index is 1.93. The lowest BCUT2D eigenvalue weighted by Crippen LogP contribution is -2.08. The van der Waals surface area contributed by atoms with Gasteiger partial charge in [-0.3, -0.25) is 0 Å². The van der Waals surface area contributed by atoms with E-state index in [-0.39, 0.29) is 12.0 Å². The first kappa shape index (κ1) is 17.1. The summed E-state index contributed by atoms with van der Waals surface area (Å²) in [6.07, 6.45) is -3.15. The van der Waals surface area contributed by atoms with Crippen LogP contribution in [-0.2, 0) is 19.0 Å². The Hall–Kier alpha value is -2.69. The Morgan fingerprint density at radius 2 is 1.52 bits per heavy atom. The molecule has 0 bridgehead atoms. The minimum atomic E-state index is -4.44. The van der Waals surface area contributed by atoms with Crippen molar-refractivity contribution in [1.29, 1.82) is 0 Å². The lowest BCUT2D eigenvalue weighted by molar-refractivity contribution is -0.138. The second kappa shape index (κ2) is 7.05. The third kappa shape index (κ3) is 4.05. The van der Waals surface area contributed by atoms with E-state index in [1.165, 1.54) is 0 Å². The fraction of sp³-hybridized carbons (Fsp3) is 0.200. The zero-order valence-electron chi connectivity index (χ0n) is 13.6. The SMILES string of the molecule is COc1ccc(Cc2occ(C(F)(F)F)c2Cc2ccccc2)cc1. The van der Waals surface area contributed by atoms with Gasteiger partial charge in [-0.25, -0.2) is 0 Å². The molecule has 130 valence electrons. The Morgan fingerprint density at radius 3 is 2.12 bits per heavy atom. The topological polar surface area (TPSA) is 22.4 Å². The Kier molecular flexibility index (Phi) is 4.83. The van der Waals surface area contributed by atoms with Gasteiger partial charge in [0.25, 0.3) is 0 Å². The van der Waals surface area contributed by atoms with Crippen molar-refractivity contribution >= 4 is 0 Å². The molecular weight excluding hydrogens is 329 g/mol. The molecule has 3 rings (SSSR count). The molecule has 0 spiro atoms. The third-order valence-electron chi connectivity index (χ3n) is 4.03. The maximum Gasteiger partial charge on any atom is 0.419 e. The van der Waals surface area contributed by atoms with Gasteiger partial charge >= 0.3 is 6.18 Å². The van der Waals surface area contributed by atoms with Crippen LogP contribution in [-0.4, -0.2) is 7.11 Å². The summed E-state index contributed by atoms with van der Waals surface area (Å²) in [5.74, 6) is 1.03. The molecule has 3 aromatic rings. The largest absolute Gasteiger partial charge is 0.497 e. The van der Waals surface area contributed by atoms with Crippen LogP contribution in [0.15, 0.2) is 65.3 Å². The zero-order valence-corrected chi connectivity index (χ0v) is 13.6. The summed E-state index contributed by atoms with van der Waals surface area (Å²) in [7, 11) is 1.56. The Labute approximate surface area is 143 Å². The number of ether oxygens (including phenoxy) is 1. The molecule has 1 heterocycles. The number of benzene rings is 2. The van der Waals surface area contributed by atoms with E-state index in [1.54, 1.807) is 19.2 Å². The molecule has 1 aromatic heterocycles. The van der Waals surface area contributed by atoms with Gasteiger partial charge in [0.1, 0.15) is 17.8 Å². The molecule has 2 aromatic carbocycles. The first-order chi connectivity index (χ1) is 12.0. The van der Waals surface area contributed by atoms with Gasteiger partial charge in [0.2, 0.25) is 0 Å². The first-order valence-corrected chi connectivity index (χ1v) is 7.80. The van der Waals surface area contributed by atoms with Crippen molar-refractivity contribution in [2.45, 2.75) is 19.0 Å². The van der Waals surface area contributed by atoms with Gasteiger partial charge in [0.15, 0.2) is 0 Å². The summed E-state index contributed by atoms with van der Waals surface area (Å²) in [6.45, 7) is 0. The van der Waals surface area contributed by atoms with E-state index in [2.05, 4.69) is 0 Å². The summed E-state index contributed by atoms with van der Waals surface area (Å²) >= 11 is 0. The molecule has 0 amide bonds. The van der Waals surface area contributed by atoms with Crippen LogP contribution in [0, 0.1) is 0 Å². The predicted molar refractivity (Wildman–Crippen MR) is 88.8 cm³/mol. The van der Waals surface area contributed by atoms with Crippen LogP contribution in [0.5, 0.6) is 5.75 Å². The van der Waals surface area contributed by atoms with Gasteiger partial charge in [0, 0.05) is 18.4 Å². The summed E-state index contributed by atoms with van der Waals surface area (Å²) in [5, 5.41) is 0. The molecular formula is C20H17F3O2. The van der Waals surface area contributed by atoms with Crippen molar-refractivity contribution in [1.82, 2.24) is 0 Å². The number of alkyl halides is 3. The van der Waals surface area contributed by atoms with Crippen LogP contribution in [0.2, 0.25) is 0 Å². The number of halogens is 3. The second-order valence-corrected chi connectivity index (χ2v) is 5.74. The van der Waals surface area contributed by atoms with Crippen LogP contribution in [0.25, 0.3) is 0 Å². The molecule has 0 saturated carbocycles.